The number of nitrogens with one attached hydrogen (secondary N) is 1. The van der Waals surface area contributed by atoms with Crippen LogP contribution >= 0.6 is 0 Å². The van der Waals surface area contributed by atoms with Crippen molar-refractivity contribution in [2.24, 2.45) is 0 Å². The summed E-state index contributed by atoms with van der Waals surface area (Å²) in [5, 5.41) is 3.65. The van der Waals surface area contributed by atoms with Gasteiger partial charge < -0.3 is 10.2 Å². The molecule has 1 aliphatic rings. The molecule has 0 spiro atoms. The van der Waals surface area contributed by atoms with Crippen molar-refractivity contribution in [2.45, 2.75) is 65.1 Å². The van der Waals surface area contributed by atoms with E-state index in [1.54, 1.807) is 0 Å². The van der Waals surface area contributed by atoms with Gasteiger partial charge in [0.1, 0.15) is 0 Å². The Morgan fingerprint density at radius 1 is 1.22 bits per heavy atom. The SMILES string of the molecule is CCC(C)NCC(C)N1CCCN(C)CC1CC. The van der Waals surface area contributed by atoms with Crippen molar-refractivity contribution in [1.82, 2.24) is 15.1 Å². The van der Waals surface area contributed by atoms with Crippen LogP contribution in [0.1, 0.15) is 47.0 Å². The molecule has 108 valence electrons. The van der Waals surface area contributed by atoms with Crippen LogP contribution in [0.4, 0.5) is 0 Å². The van der Waals surface area contributed by atoms with Crippen molar-refractivity contribution in [3.63, 3.8) is 0 Å². The Balaban J connectivity index is 2.49. The second-order valence-electron chi connectivity index (χ2n) is 5.98. The van der Waals surface area contributed by atoms with Crippen molar-refractivity contribution in [3.05, 3.63) is 0 Å². The zero-order valence-corrected chi connectivity index (χ0v) is 13.1. The molecule has 1 fully saturated rings. The predicted octanol–water partition coefficient (Wildman–Crippen LogP) is 2.18. The van der Waals surface area contributed by atoms with Gasteiger partial charge >= 0.3 is 0 Å². The largest absolute Gasteiger partial charge is 0.313 e. The summed E-state index contributed by atoms with van der Waals surface area (Å²) in [5.74, 6) is 0. The standard InChI is InChI=1S/C15H33N3/c1-6-13(3)16-11-14(4)18-10-8-9-17(5)12-15(18)7-2/h13-16H,6-12H2,1-5H3. The molecule has 1 heterocycles. The van der Waals surface area contributed by atoms with Gasteiger partial charge in [0, 0.05) is 37.8 Å². The summed E-state index contributed by atoms with van der Waals surface area (Å²) in [4.78, 5) is 5.21. The molecule has 0 bridgehead atoms. The van der Waals surface area contributed by atoms with E-state index in [1.165, 1.54) is 38.9 Å². The Morgan fingerprint density at radius 2 is 1.94 bits per heavy atom. The Labute approximate surface area is 114 Å². The topological polar surface area (TPSA) is 18.5 Å². The molecular weight excluding hydrogens is 222 g/mol. The van der Waals surface area contributed by atoms with E-state index in [1.807, 2.05) is 0 Å². The summed E-state index contributed by atoms with van der Waals surface area (Å²) in [6.45, 7) is 14.1. The van der Waals surface area contributed by atoms with Gasteiger partial charge in [-0.05, 0) is 46.7 Å². The fourth-order valence-corrected chi connectivity index (χ4v) is 2.84. The second kappa shape index (κ2) is 8.13. The van der Waals surface area contributed by atoms with E-state index < -0.39 is 0 Å². The van der Waals surface area contributed by atoms with Gasteiger partial charge in [0.2, 0.25) is 0 Å². The molecule has 0 aliphatic carbocycles. The maximum Gasteiger partial charge on any atom is 0.0223 e. The zero-order valence-electron chi connectivity index (χ0n) is 13.1. The lowest BCUT2D eigenvalue weighted by Crippen LogP contribution is -2.49. The average molecular weight is 255 g/mol. The fraction of sp³-hybridized carbons (Fsp3) is 1.00. The third kappa shape index (κ3) is 4.87. The van der Waals surface area contributed by atoms with Gasteiger partial charge in [-0.3, -0.25) is 4.90 Å². The molecule has 18 heavy (non-hydrogen) atoms. The predicted molar refractivity (Wildman–Crippen MR) is 80.1 cm³/mol. The van der Waals surface area contributed by atoms with Gasteiger partial charge in [-0.15, -0.1) is 0 Å². The van der Waals surface area contributed by atoms with Gasteiger partial charge in [0.15, 0.2) is 0 Å². The summed E-state index contributed by atoms with van der Waals surface area (Å²) in [6, 6.07) is 2.02. The van der Waals surface area contributed by atoms with Crippen molar-refractivity contribution in [1.29, 1.82) is 0 Å². The lowest BCUT2D eigenvalue weighted by molar-refractivity contribution is 0.133. The molecule has 3 atom stereocenters. The van der Waals surface area contributed by atoms with Crippen LogP contribution in [0, 0.1) is 0 Å². The Bertz CT molecular complexity index is 220. The monoisotopic (exact) mass is 255 g/mol. The first-order valence-corrected chi connectivity index (χ1v) is 7.76. The highest BCUT2D eigenvalue weighted by molar-refractivity contribution is 4.82. The van der Waals surface area contributed by atoms with E-state index in [9.17, 15) is 0 Å². The number of nitrogens with zero attached hydrogens (tertiary/aromatic N) is 2. The summed E-state index contributed by atoms with van der Waals surface area (Å²) in [6.07, 6.45) is 3.78. The zero-order chi connectivity index (χ0) is 13.5. The van der Waals surface area contributed by atoms with Crippen molar-refractivity contribution in [2.75, 3.05) is 33.2 Å². The molecule has 1 rings (SSSR count). The highest BCUT2D eigenvalue weighted by atomic mass is 15.3. The van der Waals surface area contributed by atoms with Crippen LogP contribution in [0.2, 0.25) is 0 Å². The molecule has 3 unspecified atom stereocenters. The molecule has 3 heteroatoms. The number of rotatable bonds is 6. The van der Waals surface area contributed by atoms with E-state index in [-0.39, 0.29) is 0 Å². The average Bonchev–Trinajstić information content (AvgIpc) is 2.56. The Hall–Kier alpha value is -0.120. The molecule has 1 aliphatic heterocycles. The van der Waals surface area contributed by atoms with E-state index in [0.717, 1.165) is 12.6 Å². The van der Waals surface area contributed by atoms with Crippen LogP contribution < -0.4 is 5.32 Å². The van der Waals surface area contributed by atoms with Crippen LogP contribution in [0.25, 0.3) is 0 Å². The number of hydrogen-bond donors (Lipinski definition) is 1. The molecule has 0 aromatic rings. The minimum atomic E-state index is 0.641. The van der Waals surface area contributed by atoms with E-state index in [4.69, 9.17) is 0 Å². The molecule has 0 aromatic carbocycles. The highest BCUT2D eigenvalue weighted by Gasteiger charge is 2.25. The Kier molecular flexibility index (Phi) is 7.20. The summed E-state index contributed by atoms with van der Waals surface area (Å²) < 4.78 is 0. The van der Waals surface area contributed by atoms with Crippen LogP contribution in [0.15, 0.2) is 0 Å². The number of likely N-dealkylation sites (N-methyl/N-ethyl adjacent to an activating group) is 1. The molecule has 3 nitrogen and oxygen atoms in total. The third-order valence-corrected chi connectivity index (χ3v) is 4.36. The molecule has 1 N–H and O–H groups in total. The molecule has 0 saturated carbocycles. The third-order valence-electron chi connectivity index (χ3n) is 4.36. The molecule has 0 amide bonds. The van der Waals surface area contributed by atoms with Gasteiger partial charge in [-0.1, -0.05) is 13.8 Å². The first-order valence-electron chi connectivity index (χ1n) is 7.76. The van der Waals surface area contributed by atoms with Gasteiger partial charge in [-0.25, -0.2) is 0 Å². The summed E-state index contributed by atoms with van der Waals surface area (Å²) >= 11 is 0. The van der Waals surface area contributed by atoms with Gasteiger partial charge in [0.05, 0.1) is 0 Å². The lowest BCUT2D eigenvalue weighted by Gasteiger charge is -2.36. The van der Waals surface area contributed by atoms with Crippen LogP contribution in [0.5, 0.6) is 0 Å². The smallest absolute Gasteiger partial charge is 0.0223 e. The molecule has 0 aromatic heterocycles. The summed E-state index contributed by atoms with van der Waals surface area (Å²) in [7, 11) is 2.26. The maximum atomic E-state index is 3.65. The van der Waals surface area contributed by atoms with E-state index in [0.29, 0.717) is 12.1 Å². The highest BCUT2D eigenvalue weighted by Crippen LogP contribution is 2.15. The first-order chi connectivity index (χ1) is 8.58. The van der Waals surface area contributed by atoms with Gasteiger partial charge in [0.25, 0.3) is 0 Å². The van der Waals surface area contributed by atoms with Crippen molar-refractivity contribution in [3.8, 4) is 0 Å². The minimum Gasteiger partial charge on any atom is -0.313 e. The lowest BCUT2D eigenvalue weighted by atomic mass is 10.1. The first kappa shape index (κ1) is 15.9. The summed E-state index contributed by atoms with van der Waals surface area (Å²) in [5.41, 5.74) is 0. The van der Waals surface area contributed by atoms with Crippen LogP contribution in [-0.2, 0) is 0 Å². The second-order valence-corrected chi connectivity index (χ2v) is 5.98. The van der Waals surface area contributed by atoms with Crippen molar-refractivity contribution >= 4 is 0 Å². The molecular formula is C15H33N3. The van der Waals surface area contributed by atoms with Crippen molar-refractivity contribution < 1.29 is 0 Å². The Morgan fingerprint density at radius 3 is 2.56 bits per heavy atom. The fourth-order valence-electron chi connectivity index (χ4n) is 2.84. The van der Waals surface area contributed by atoms with E-state index >= 15 is 0 Å². The quantitative estimate of drug-likeness (QED) is 0.785. The molecule has 1 saturated heterocycles. The molecule has 0 radical (unpaired) electrons. The van der Waals surface area contributed by atoms with Crippen LogP contribution in [0.3, 0.4) is 0 Å². The normalized spacial score (nSPS) is 26.8. The van der Waals surface area contributed by atoms with Gasteiger partial charge in [-0.2, -0.15) is 0 Å². The van der Waals surface area contributed by atoms with Crippen LogP contribution in [-0.4, -0.2) is 61.2 Å². The maximum absolute atomic E-state index is 3.65. The van der Waals surface area contributed by atoms with E-state index in [2.05, 4.69) is 49.9 Å². The number of hydrogen-bond acceptors (Lipinski definition) is 3. The minimum absolute atomic E-state index is 0.641.